The van der Waals surface area contributed by atoms with E-state index in [1.54, 1.807) is 10.8 Å². The van der Waals surface area contributed by atoms with Crippen molar-refractivity contribution in [1.82, 2.24) is 9.55 Å². The molecule has 0 aliphatic rings. The summed E-state index contributed by atoms with van der Waals surface area (Å²) in [6, 6.07) is 13.3. The van der Waals surface area contributed by atoms with Gasteiger partial charge in [-0.05, 0) is 24.3 Å². The van der Waals surface area contributed by atoms with E-state index in [-0.39, 0.29) is 4.87 Å². The lowest BCUT2D eigenvalue weighted by atomic mass is 10.3. The molecule has 3 rings (SSSR count). The van der Waals surface area contributed by atoms with Crippen LogP contribution in [0.1, 0.15) is 0 Å². The number of hydrogen-bond acceptors (Lipinski definition) is 3. The summed E-state index contributed by atoms with van der Waals surface area (Å²) in [4.78, 5) is 16.1. The summed E-state index contributed by atoms with van der Waals surface area (Å²) < 4.78 is 2.62. The fourth-order valence-electron chi connectivity index (χ4n) is 1.67. The molecular formula is C12H8N2OS. The molecule has 0 unspecified atom stereocenters. The maximum Gasteiger partial charge on any atom is 0.313 e. The van der Waals surface area contributed by atoms with Crippen LogP contribution in [-0.4, -0.2) is 9.55 Å². The average Bonchev–Trinajstić information content (AvgIpc) is 2.66. The number of aromatic nitrogens is 2. The number of nitrogens with zero attached hydrogens (tertiary/aromatic N) is 2. The third kappa shape index (κ3) is 1.35. The minimum absolute atomic E-state index is 0.0000926. The molecule has 3 nitrogen and oxygen atoms in total. The second-order valence-corrected chi connectivity index (χ2v) is 4.35. The molecule has 0 atom stereocenters. The Balaban J connectivity index is 2.40. The zero-order chi connectivity index (χ0) is 11.0. The van der Waals surface area contributed by atoms with Crippen LogP contribution in [0.5, 0.6) is 0 Å². The van der Waals surface area contributed by atoms with Crippen LogP contribution in [0.4, 0.5) is 0 Å². The van der Waals surface area contributed by atoms with E-state index in [1.165, 1.54) is 11.3 Å². The lowest BCUT2D eigenvalue weighted by Gasteiger charge is -2.00. The number of fused-ring (bicyclic) bond motifs is 1. The molecule has 0 bridgehead atoms. The predicted molar refractivity (Wildman–Crippen MR) is 65.2 cm³/mol. The fourth-order valence-corrected chi connectivity index (χ4v) is 2.55. The summed E-state index contributed by atoms with van der Waals surface area (Å²) in [6.07, 6.45) is 1.69. The van der Waals surface area contributed by atoms with Crippen LogP contribution in [0.25, 0.3) is 16.0 Å². The van der Waals surface area contributed by atoms with Gasteiger partial charge in [-0.1, -0.05) is 29.5 Å². The Labute approximate surface area is 95.6 Å². The standard InChI is InChI=1S/C12H8N2OS/c15-12-14(11-7-3-4-8-13-11)9-5-1-2-6-10(9)16-12/h1-8H. The van der Waals surface area contributed by atoms with Crippen molar-refractivity contribution in [3.05, 3.63) is 58.3 Å². The zero-order valence-corrected chi connectivity index (χ0v) is 9.15. The van der Waals surface area contributed by atoms with Gasteiger partial charge in [-0.25, -0.2) is 4.98 Å². The molecular weight excluding hydrogens is 220 g/mol. The van der Waals surface area contributed by atoms with Gasteiger partial charge in [0.05, 0.1) is 10.2 Å². The maximum atomic E-state index is 11.9. The summed E-state index contributed by atoms with van der Waals surface area (Å²) in [7, 11) is 0. The number of pyridine rings is 1. The number of rotatable bonds is 1. The maximum absolute atomic E-state index is 11.9. The second-order valence-electron chi connectivity index (χ2n) is 3.36. The first-order valence-corrected chi connectivity index (χ1v) is 5.70. The highest BCUT2D eigenvalue weighted by atomic mass is 32.1. The Hall–Kier alpha value is -1.94. The van der Waals surface area contributed by atoms with Crippen molar-refractivity contribution in [2.24, 2.45) is 0 Å². The highest BCUT2D eigenvalue weighted by Gasteiger charge is 2.08. The molecule has 16 heavy (non-hydrogen) atoms. The van der Waals surface area contributed by atoms with Crippen LogP contribution < -0.4 is 4.87 Å². The van der Waals surface area contributed by atoms with Gasteiger partial charge in [-0.15, -0.1) is 0 Å². The number of hydrogen-bond donors (Lipinski definition) is 0. The normalized spacial score (nSPS) is 10.8. The highest BCUT2D eigenvalue weighted by molar-refractivity contribution is 7.16. The molecule has 3 aromatic rings. The largest absolute Gasteiger partial charge is 0.313 e. The molecule has 2 aromatic heterocycles. The van der Waals surface area contributed by atoms with E-state index in [0.29, 0.717) is 5.82 Å². The third-order valence-corrected chi connectivity index (χ3v) is 3.29. The smallest absolute Gasteiger partial charge is 0.256 e. The third-order valence-electron chi connectivity index (χ3n) is 2.36. The first kappa shape index (κ1) is 9.30. The summed E-state index contributed by atoms with van der Waals surface area (Å²) in [6.45, 7) is 0. The summed E-state index contributed by atoms with van der Waals surface area (Å²) >= 11 is 1.24. The van der Waals surface area contributed by atoms with E-state index in [4.69, 9.17) is 0 Å². The lowest BCUT2D eigenvalue weighted by molar-refractivity contribution is 1.02. The molecule has 0 N–H and O–H groups in total. The molecule has 0 fully saturated rings. The average molecular weight is 228 g/mol. The van der Waals surface area contributed by atoms with E-state index in [0.717, 1.165) is 10.2 Å². The van der Waals surface area contributed by atoms with Crippen LogP contribution in [0, 0.1) is 0 Å². The van der Waals surface area contributed by atoms with E-state index in [9.17, 15) is 4.79 Å². The molecule has 1 aromatic carbocycles. The molecule has 2 heterocycles. The van der Waals surface area contributed by atoms with Gasteiger partial charge in [0.15, 0.2) is 0 Å². The predicted octanol–water partition coefficient (Wildman–Crippen LogP) is 2.45. The lowest BCUT2D eigenvalue weighted by Crippen LogP contribution is -2.11. The topological polar surface area (TPSA) is 34.9 Å². The van der Waals surface area contributed by atoms with Crippen LogP contribution in [0.2, 0.25) is 0 Å². The van der Waals surface area contributed by atoms with E-state index in [2.05, 4.69) is 4.98 Å². The van der Waals surface area contributed by atoms with Gasteiger partial charge in [0.25, 0.3) is 0 Å². The molecule has 0 radical (unpaired) electrons. The van der Waals surface area contributed by atoms with Gasteiger partial charge < -0.3 is 0 Å². The molecule has 0 amide bonds. The molecule has 0 spiro atoms. The van der Waals surface area contributed by atoms with Crippen molar-refractivity contribution < 1.29 is 0 Å². The number of thiazole rings is 1. The van der Waals surface area contributed by atoms with E-state index < -0.39 is 0 Å². The van der Waals surface area contributed by atoms with Gasteiger partial charge in [0.1, 0.15) is 5.82 Å². The van der Waals surface area contributed by atoms with Crippen LogP contribution in [-0.2, 0) is 0 Å². The minimum Gasteiger partial charge on any atom is -0.256 e. The van der Waals surface area contributed by atoms with Gasteiger partial charge in [0.2, 0.25) is 0 Å². The minimum atomic E-state index is -0.0000926. The van der Waals surface area contributed by atoms with E-state index in [1.807, 2.05) is 42.5 Å². The molecule has 0 saturated carbocycles. The van der Waals surface area contributed by atoms with Gasteiger partial charge in [0, 0.05) is 6.20 Å². The Morgan fingerprint density at radius 1 is 1.06 bits per heavy atom. The summed E-state index contributed by atoms with van der Waals surface area (Å²) in [5.41, 5.74) is 0.913. The van der Waals surface area contributed by atoms with Crippen LogP contribution in [0.15, 0.2) is 53.5 Å². The fraction of sp³-hybridized carbons (Fsp3) is 0. The second kappa shape index (κ2) is 3.57. The summed E-state index contributed by atoms with van der Waals surface area (Å²) in [5, 5.41) is 0. The number of para-hydroxylation sites is 1. The number of benzene rings is 1. The van der Waals surface area contributed by atoms with Crippen molar-refractivity contribution in [1.29, 1.82) is 0 Å². The van der Waals surface area contributed by atoms with Gasteiger partial charge >= 0.3 is 4.87 Å². The SMILES string of the molecule is O=c1sc2ccccc2n1-c1ccccn1. The van der Waals surface area contributed by atoms with Crippen molar-refractivity contribution in [3.8, 4) is 5.82 Å². The highest BCUT2D eigenvalue weighted by Crippen LogP contribution is 2.18. The molecule has 0 saturated heterocycles. The Bertz CT molecular complexity index is 685. The quantitative estimate of drug-likeness (QED) is 0.641. The van der Waals surface area contributed by atoms with Crippen molar-refractivity contribution in [3.63, 3.8) is 0 Å². The zero-order valence-electron chi connectivity index (χ0n) is 8.33. The monoisotopic (exact) mass is 228 g/mol. The van der Waals surface area contributed by atoms with Gasteiger partial charge in [-0.3, -0.25) is 9.36 Å². The first-order chi connectivity index (χ1) is 7.86. The molecule has 0 aliphatic heterocycles. The van der Waals surface area contributed by atoms with Crippen molar-refractivity contribution >= 4 is 21.6 Å². The molecule has 0 aliphatic carbocycles. The Morgan fingerprint density at radius 3 is 2.69 bits per heavy atom. The summed E-state index contributed by atoms with van der Waals surface area (Å²) in [5.74, 6) is 0.671. The molecule has 78 valence electrons. The first-order valence-electron chi connectivity index (χ1n) is 4.88. The Kier molecular flexibility index (Phi) is 2.08. The van der Waals surface area contributed by atoms with Gasteiger partial charge in [-0.2, -0.15) is 0 Å². The molecule has 4 heteroatoms. The Morgan fingerprint density at radius 2 is 1.88 bits per heavy atom. The van der Waals surface area contributed by atoms with Crippen molar-refractivity contribution in [2.45, 2.75) is 0 Å². The van der Waals surface area contributed by atoms with Crippen molar-refractivity contribution in [2.75, 3.05) is 0 Å². The van der Waals surface area contributed by atoms with Crippen LogP contribution >= 0.6 is 11.3 Å². The van der Waals surface area contributed by atoms with Crippen LogP contribution in [0.3, 0.4) is 0 Å². The van der Waals surface area contributed by atoms with E-state index >= 15 is 0 Å².